The van der Waals surface area contributed by atoms with Crippen LogP contribution in [0.5, 0.6) is 5.75 Å². The summed E-state index contributed by atoms with van der Waals surface area (Å²) in [7, 11) is 0. The van der Waals surface area contributed by atoms with Crippen LogP contribution in [0.3, 0.4) is 0 Å². The number of thioether (sulfide) groups is 1. The molecule has 0 aromatic heterocycles. The van der Waals surface area contributed by atoms with Crippen molar-refractivity contribution in [2.45, 2.75) is 6.92 Å². The third-order valence-corrected chi connectivity index (χ3v) is 3.30. The minimum Gasteiger partial charge on any atom is -0.427 e. The Morgan fingerprint density at radius 1 is 1.42 bits per heavy atom. The van der Waals surface area contributed by atoms with Gasteiger partial charge in [0.25, 0.3) is 11.1 Å². The third-order valence-electron chi connectivity index (χ3n) is 2.16. The summed E-state index contributed by atoms with van der Waals surface area (Å²) in [6.07, 6.45) is 1.50. The lowest BCUT2D eigenvalue weighted by atomic mass is 10.2. The number of imide groups is 1. The average molecular weight is 298 g/mol. The Morgan fingerprint density at radius 3 is 2.68 bits per heavy atom. The zero-order valence-corrected chi connectivity index (χ0v) is 11.3. The summed E-state index contributed by atoms with van der Waals surface area (Å²) in [5.41, 5.74) is 0.560. The molecule has 0 spiro atoms. The lowest BCUT2D eigenvalue weighted by Crippen LogP contribution is -2.17. The number of hydrogen-bond acceptors (Lipinski definition) is 5. The number of halogens is 1. The first-order valence-electron chi connectivity index (χ1n) is 5.18. The maximum Gasteiger partial charge on any atom is 0.308 e. The zero-order valence-electron chi connectivity index (χ0n) is 9.73. The molecule has 0 saturated carbocycles. The van der Waals surface area contributed by atoms with E-state index in [-0.39, 0.29) is 4.91 Å². The first kappa shape index (κ1) is 13.6. The van der Waals surface area contributed by atoms with Crippen LogP contribution in [-0.2, 0) is 9.59 Å². The normalized spacial score (nSPS) is 16.6. The van der Waals surface area contributed by atoms with Crippen molar-refractivity contribution in [3.8, 4) is 5.75 Å². The van der Waals surface area contributed by atoms with Gasteiger partial charge >= 0.3 is 5.97 Å². The molecule has 98 valence electrons. The van der Waals surface area contributed by atoms with Crippen LogP contribution >= 0.6 is 23.4 Å². The van der Waals surface area contributed by atoms with Crippen molar-refractivity contribution in [1.29, 1.82) is 0 Å². The molecule has 5 nitrogen and oxygen atoms in total. The first-order chi connectivity index (χ1) is 8.95. The predicted molar refractivity (Wildman–Crippen MR) is 71.9 cm³/mol. The molecule has 7 heteroatoms. The maximum atomic E-state index is 11.4. The number of esters is 1. The molecular weight excluding hydrogens is 290 g/mol. The van der Waals surface area contributed by atoms with Gasteiger partial charge < -0.3 is 4.74 Å². The molecule has 0 unspecified atom stereocenters. The molecule has 1 aliphatic rings. The Kier molecular flexibility index (Phi) is 3.92. The number of ether oxygens (including phenoxy) is 1. The van der Waals surface area contributed by atoms with Crippen LogP contribution in [0.4, 0.5) is 4.79 Å². The second kappa shape index (κ2) is 5.46. The second-order valence-electron chi connectivity index (χ2n) is 3.63. The summed E-state index contributed by atoms with van der Waals surface area (Å²) in [6.45, 7) is 1.29. The van der Waals surface area contributed by atoms with Crippen molar-refractivity contribution in [3.63, 3.8) is 0 Å². The van der Waals surface area contributed by atoms with Gasteiger partial charge in [0.15, 0.2) is 0 Å². The molecule has 2 amide bonds. The maximum absolute atomic E-state index is 11.4. The summed E-state index contributed by atoms with van der Waals surface area (Å²) in [4.78, 5) is 33.5. The number of benzene rings is 1. The standard InChI is InChI=1S/C12H8ClNO4S/c1-6(15)18-8-3-2-7(9(13)5-8)4-10-11(16)14-12(17)19-10/h2-5H,1H3,(H,14,16,17)/b10-4-. The monoisotopic (exact) mass is 297 g/mol. The quantitative estimate of drug-likeness (QED) is 0.516. The van der Waals surface area contributed by atoms with E-state index in [9.17, 15) is 14.4 Å². The van der Waals surface area contributed by atoms with Crippen LogP contribution in [0.15, 0.2) is 23.1 Å². The molecule has 1 aromatic carbocycles. The first-order valence-corrected chi connectivity index (χ1v) is 6.38. The SMILES string of the molecule is CC(=O)Oc1ccc(/C=C2\SC(=O)NC2=O)c(Cl)c1. The van der Waals surface area contributed by atoms with E-state index in [1.807, 2.05) is 0 Å². The van der Waals surface area contributed by atoms with Crippen molar-refractivity contribution < 1.29 is 19.1 Å². The second-order valence-corrected chi connectivity index (χ2v) is 5.05. The minimum absolute atomic E-state index is 0.270. The molecule has 2 rings (SSSR count). The van der Waals surface area contributed by atoms with E-state index in [2.05, 4.69) is 5.32 Å². The summed E-state index contributed by atoms with van der Waals surface area (Å²) < 4.78 is 4.88. The van der Waals surface area contributed by atoms with E-state index < -0.39 is 17.1 Å². The van der Waals surface area contributed by atoms with Gasteiger partial charge in [0.2, 0.25) is 0 Å². The van der Waals surface area contributed by atoms with Gasteiger partial charge in [-0.3, -0.25) is 19.7 Å². The fourth-order valence-electron chi connectivity index (χ4n) is 1.42. The minimum atomic E-state index is -0.449. The van der Waals surface area contributed by atoms with Crippen LogP contribution in [0.25, 0.3) is 6.08 Å². The highest BCUT2D eigenvalue weighted by molar-refractivity contribution is 8.18. The molecule has 1 heterocycles. The van der Waals surface area contributed by atoms with Crippen molar-refractivity contribution in [1.82, 2.24) is 5.32 Å². The van der Waals surface area contributed by atoms with Crippen LogP contribution in [0, 0.1) is 0 Å². The lowest BCUT2D eigenvalue weighted by molar-refractivity contribution is -0.131. The molecule has 1 aromatic rings. The average Bonchev–Trinajstić information content (AvgIpc) is 2.60. The topological polar surface area (TPSA) is 72.5 Å². The van der Waals surface area contributed by atoms with Crippen molar-refractivity contribution in [3.05, 3.63) is 33.7 Å². The Morgan fingerprint density at radius 2 is 2.16 bits per heavy atom. The largest absolute Gasteiger partial charge is 0.427 e. The van der Waals surface area contributed by atoms with Gasteiger partial charge in [-0.05, 0) is 35.5 Å². The molecular formula is C12H8ClNO4S. The number of rotatable bonds is 2. The molecule has 0 bridgehead atoms. The van der Waals surface area contributed by atoms with E-state index in [0.717, 1.165) is 11.8 Å². The fraction of sp³-hybridized carbons (Fsp3) is 0.0833. The van der Waals surface area contributed by atoms with Gasteiger partial charge in [0.05, 0.1) is 9.93 Å². The highest BCUT2D eigenvalue weighted by Crippen LogP contribution is 2.29. The predicted octanol–water partition coefficient (Wildman–Crippen LogP) is 2.59. The highest BCUT2D eigenvalue weighted by Gasteiger charge is 2.25. The molecule has 1 fully saturated rings. The van der Waals surface area contributed by atoms with Crippen LogP contribution < -0.4 is 10.1 Å². The van der Waals surface area contributed by atoms with E-state index >= 15 is 0 Å². The number of hydrogen-bond donors (Lipinski definition) is 1. The van der Waals surface area contributed by atoms with Crippen LogP contribution in [0.1, 0.15) is 12.5 Å². The van der Waals surface area contributed by atoms with Crippen LogP contribution in [0.2, 0.25) is 5.02 Å². The van der Waals surface area contributed by atoms with Gasteiger partial charge in [0, 0.05) is 13.0 Å². The highest BCUT2D eigenvalue weighted by atomic mass is 35.5. The summed E-state index contributed by atoms with van der Waals surface area (Å²) in [5, 5.41) is 2.05. The molecule has 1 saturated heterocycles. The molecule has 1 aliphatic heterocycles. The molecule has 0 aliphatic carbocycles. The lowest BCUT2D eigenvalue weighted by Gasteiger charge is -2.04. The third kappa shape index (κ3) is 3.36. The van der Waals surface area contributed by atoms with Gasteiger partial charge in [0.1, 0.15) is 5.75 Å². The van der Waals surface area contributed by atoms with Gasteiger partial charge in [-0.1, -0.05) is 11.6 Å². The Hall–Kier alpha value is -1.79. The fourth-order valence-corrected chi connectivity index (χ4v) is 2.31. The summed E-state index contributed by atoms with van der Waals surface area (Å²) in [5.74, 6) is -0.576. The Balaban J connectivity index is 2.27. The molecule has 0 radical (unpaired) electrons. The van der Waals surface area contributed by atoms with Gasteiger partial charge in [-0.25, -0.2) is 0 Å². The van der Waals surface area contributed by atoms with E-state index in [0.29, 0.717) is 16.3 Å². The smallest absolute Gasteiger partial charge is 0.308 e. The number of carbonyl (C=O) groups is 3. The molecule has 0 atom stereocenters. The Bertz CT molecular complexity index is 612. The van der Waals surface area contributed by atoms with Gasteiger partial charge in [-0.2, -0.15) is 0 Å². The number of nitrogens with one attached hydrogen (secondary N) is 1. The van der Waals surface area contributed by atoms with Crippen molar-refractivity contribution >= 4 is 46.6 Å². The van der Waals surface area contributed by atoms with E-state index in [4.69, 9.17) is 16.3 Å². The summed E-state index contributed by atoms with van der Waals surface area (Å²) in [6, 6.07) is 4.62. The molecule has 1 N–H and O–H groups in total. The molecule has 19 heavy (non-hydrogen) atoms. The van der Waals surface area contributed by atoms with Gasteiger partial charge in [-0.15, -0.1) is 0 Å². The van der Waals surface area contributed by atoms with Crippen molar-refractivity contribution in [2.75, 3.05) is 0 Å². The summed E-state index contributed by atoms with van der Waals surface area (Å²) >= 11 is 6.82. The number of carbonyl (C=O) groups excluding carboxylic acids is 3. The van der Waals surface area contributed by atoms with Crippen molar-refractivity contribution in [2.24, 2.45) is 0 Å². The van der Waals surface area contributed by atoms with Crippen LogP contribution in [-0.4, -0.2) is 17.1 Å². The van der Waals surface area contributed by atoms with E-state index in [1.54, 1.807) is 12.1 Å². The zero-order chi connectivity index (χ0) is 14.0. The number of amides is 2. The van der Waals surface area contributed by atoms with E-state index in [1.165, 1.54) is 19.1 Å². The Labute approximate surface area is 117 Å².